The number of hydrogen-bond donors (Lipinski definition) is 3. The SMILES string of the molecule is CNC(=O)C(C)(C)/C=C/n1ncc(C(=O)NC2C3CC4CC2CC(O)(C4)C3)c1N1CCOCC1. The van der Waals surface area contributed by atoms with Gasteiger partial charge in [-0.15, -0.1) is 0 Å². The van der Waals surface area contributed by atoms with Crippen molar-refractivity contribution in [2.45, 2.75) is 57.6 Å². The zero-order valence-electron chi connectivity index (χ0n) is 20.4. The molecule has 1 aromatic rings. The molecule has 1 aliphatic heterocycles. The fourth-order valence-electron chi connectivity index (χ4n) is 6.82. The number of nitrogens with zero attached hydrogens (tertiary/aromatic N) is 3. The van der Waals surface area contributed by atoms with E-state index in [2.05, 4.69) is 20.6 Å². The van der Waals surface area contributed by atoms with Crippen molar-refractivity contribution < 1.29 is 19.4 Å². The van der Waals surface area contributed by atoms with E-state index >= 15 is 0 Å². The molecule has 4 bridgehead atoms. The number of rotatable bonds is 6. The summed E-state index contributed by atoms with van der Waals surface area (Å²) in [4.78, 5) is 27.9. The molecule has 186 valence electrons. The van der Waals surface area contributed by atoms with Gasteiger partial charge < -0.3 is 25.4 Å². The van der Waals surface area contributed by atoms with Gasteiger partial charge in [-0.2, -0.15) is 5.10 Å². The van der Waals surface area contributed by atoms with Crippen molar-refractivity contribution in [3.8, 4) is 0 Å². The van der Waals surface area contributed by atoms with E-state index in [-0.39, 0.29) is 17.9 Å². The molecule has 0 spiro atoms. The normalized spacial score (nSPS) is 32.9. The first kappa shape index (κ1) is 23.4. The van der Waals surface area contributed by atoms with Crippen molar-refractivity contribution in [3.05, 3.63) is 17.8 Å². The number of hydrogen-bond acceptors (Lipinski definition) is 6. The van der Waals surface area contributed by atoms with Crippen molar-refractivity contribution in [3.63, 3.8) is 0 Å². The third-order valence-electron chi connectivity index (χ3n) is 8.31. The summed E-state index contributed by atoms with van der Waals surface area (Å²) >= 11 is 0. The van der Waals surface area contributed by atoms with Crippen molar-refractivity contribution in [2.75, 3.05) is 38.3 Å². The number of amides is 2. The van der Waals surface area contributed by atoms with Gasteiger partial charge in [0.05, 0.1) is 30.4 Å². The van der Waals surface area contributed by atoms with Crippen LogP contribution >= 0.6 is 0 Å². The van der Waals surface area contributed by atoms with E-state index < -0.39 is 11.0 Å². The largest absolute Gasteiger partial charge is 0.390 e. The van der Waals surface area contributed by atoms with Crippen LogP contribution in [-0.2, 0) is 9.53 Å². The Balaban J connectivity index is 1.40. The summed E-state index contributed by atoms with van der Waals surface area (Å²) < 4.78 is 7.23. The van der Waals surface area contributed by atoms with Gasteiger partial charge in [0.1, 0.15) is 11.4 Å². The number of aromatic nitrogens is 2. The van der Waals surface area contributed by atoms with Crippen LogP contribution in [0, 0.1) is 23.2 Å². The molecule has 2 unspecified atom stereocenters. The van der Waals surface area contributed by atoms with E-state index in [0.717, 1.165) is 37.9 Å². The molecule has 0 radical (unpaired) electrons. The molecule has 4 saturated carbocycles. The van der Waals surface area contributed by atoms with E-state index in [1.54, 1.807) is 24.1 Å². The third kappa shape index (κ3) is 4.24. The van der Waals surface area contributed by atoms with Gasteiger partial charge in [-0.3, -0.25) is 9.59 Å². The molecule has 4 aliphatic carbocycles. The first-order valence-electron chi connectivity index (χ1n) is 12.5. The first-order chi connectivity index (χ1) is 16.2. The number of ether oxygens (including phenoxy) is 1. The Hall–Kier alpha value is -2.39. The Morgan fingerprint density at radius 2 is 1.88 bits per heavy atom. The standard InChI is InChI=1S/C25H37N5O4/c1-24(2,23(32)26-3)4-5-30-22(29-6-8-34-9-7-29)19(15-27-30)21(31)28-20-17-10-16-11-18(20)14-25(33,12-16)13-17/h4-5,15-18,20,33H,6-14H2,1-3H3,(H,26,32)(H,28,31)/b5-4+. The minimum absolute atomic E-state index is 0.0923. The second kappa shape index (κ2) is 8.68. The summed E-state index contributed by atoms with van der Waals surface area (Å²) in [6, 6.07) is 0.105. The molecule has 0 aromatic carbocycles. The minimum atomic E-state index is -0.716. The monoisotopic (exact) mass is 471 g/mol. The average molecular weight is 472 g/mol. The maximum absolute atomic E-state index is 13.6. The van der Waals surface area contributed by atoms with Gasteiger partial charge in [0.15, 0.2) is 0 Å². The molecular formula is C25H37N5O4. The molecule has 2 amide bonds. The van der Waals surface area contributed by atoms with Gasteiger partial charge in [0.25, 0.3) is 5.91 Å². The molecule has 6 rings (SSSR count). The van der Waals surface area contributed by atoms with Crippen LogP contribution in [0.15, 0.2) is 12.3 Å². The topological polar surface area (TPSA) is 109 Å². The van der Waals surface area contributed by atoms with Crippen LogP contribution in [0.25, 0.3) is 6.20 Å². The summed E-state index contributed by atoms with van der Waals surface area (Å²) in [6.45, 7) is 6.20. The number of aliphatic hydroxyl groups is 1. The minimum Gasteiger partial charge on any atom is -0.390 e. The predicted molar refractivity (Wildman–Crippen MR) is 128 cm³/mol. The number of carbonyl (C=O) groups is 2. The molecule has 2 atom stereocenters. The van der Waals surface area contributed by atoms with Crippen LogP contribution in [0.5, 0.6) is 0 Å². The summed E-state index contributed by atoms with van der Waals surface area (Å²) in [5.41, 5.74) is -0.701. The Morgan fingerprint density at radius 1 is 1.21 bits per heavy atom. The van der Waals surface area contributed by atoms with Gasteiger partial charge >= 0.3 is 0 Å². The van der Waals surface area contributed by atoms with E-state index in [1.807, 2.05) is 19.9 Å². The summed E-state index contributed by atoms with van der Waals surface area (Å²) in [5.74, 6) is 1.80. The van der Waals surface area contributed by atoms with Crippen LogP contribution in [0.1, 0.15) is 56.3 Å². The smallest absolute Gasteiger partial charge is 0.256 e. The Labute approximate surface area is 200 Å². The van der Waals surface area contributed by atoms with E-state index in [1.165, 1.54) is 0 Å². The number of nitrogens with one attached hydrogen (secondary N) is 2. The van der Waals surface area contributed by atoms with Gasteiger partial charge in [-0.1, -0.05) is 6.08 Å². The molecule has 9 nitrogen and oxygen atoms in total. The Kier molecular flexibility index (Phi) is 5.96. The van der Waals surface area contributed by atoms with Gasteiger partial charge in [-0.25, -0.2) is 4.68 Å². The predicted octanol–water partition coefficient (Wildman–Crippen LogP) is 1.63. The third-order valence-corrected chi connectivity index (χ3v) is 8.31. The van der Waals surface area contributed by atoms with E-state index in [4.69, 9.17) is 4.74 Å². The van der Waals surface area contributed by atoms with Crippen molar-refractivity contribution in [1.29, 1.82) is 0 Å². The molecule has 5 aliphatic rings. The molecule has 9 heteroatoms. The zero-order valence-corrected chi connectivity index (χ0v) is 20.4. The lowest BCUT2D eigenvalue weighted by molar-refractivity contribution is -0.136. The highest BCUT2D eigenvalue weighted by Gasteiger charge is 2.55. The lowest BCUT2D eigenvalue weighted by Gasteiger charge is -2.58. The number of morpholine rings is 1. The zero-order chi connectivity index (χ0) is 24.1. The molecular weight excluding hydrogens is 434 g/mol. The van der Waals surface area contributed by atoms with Crippen LogP contribution < -0.4 is 15.5 Å². The highest BCUT2D eigenvalue weighted by Crippen LogP contribution is 2.55. The Bertz CT molecular complexity index is 964. The fourth-order valence-corrected chi connectivity index (χ4v) is 6.82. The van der Waals surface area contributed by atoms with Crippen LogP contribution in [-0.4, -0.2) is 71.7 Å². The van der Waals surface area contributed by atoms with Crippen molar-refractivity contribution in [1.82, 2.24) is 20.4 Å². The van der Waals surface area contributed by atoms with Crippen LogP contribution in [0.3, 0.4) is 0 Å². The highest BCUT2D eigenvalue weighted by atomic mass is 16.5. The lowest BCUT2D eigenvalue weighted by Crippen LogP contribution is -2.61. The molecule has 1 saturated heterocycles. The molecule has 1 aromatic heterocycles. The molecule has 2 heterocycles. The maximum atomic E-state index is 13.6. The highest BCUT2D eigenvalue weighted by molar-refractivity contribution is 5.99. The number of carbonyl (C=O) groups excluding carboxylic acids is 2. The quantitative estimate of drug-likeness (QED) is 0.582. The van der Waals surface area contributed by atoms with E-state index in [9.17, 15) is 14.7 Å². The average Bonchev–Trinajstić information content (AvgIpc) is 3.23. The van der Waals surface area contributed by atoms with E-state index in [0.29, 0.717) is 49.6 Å². The van der Waals surface area contributed by atoms with Gasteiger partial charge in [0, 0.05) is 32.4 Å². The first-order valence-corrected chi connectivity index (χ1v) is 12.5. The molecule has 3 N–H and O–H groups in total. The fraction of sp³-hybridized carbons (Fsp3) is 0.720. The van der Waals surface area contributed by atoms with Crippen molar-refractivity contribution in [2.24, 2.45) is 23.2 Å². The lowest BCUT2D eigenvalue weighted by atomic mass is 9.52. The number of anilines is 1. The van der Waals surface area contributed by atoms with Crippen LogP contribution in [0.2, 0.25) is 0 Å². The second-order valence-electron chi connectivity index (χ2n) is 11.2. The summed E-state index contributed by atoms with van der Waals surface area (Å²) in [7, 11) is 1.62. The van der Waals surface area contributed by atoms with Crippen LogP contribution in [0.4, 0.5) is 5.82 Å². The van der Waals surface area contributed by atoms with Gasteiger partial charge in [0.2, 0.25) is 5.91 Å². The summed E-state index contributed by atoms with van der Waals surface area (Å²) in [5, 5.41) is 21.4. The maximum Gasteiger partial charge on any atom is 0.256 e. The Morgan fingerprint density at radius 3 is 2.50 bits per heavy atom. The molecule has 5 fully saturated rings. The van der Waals surface area contributed by atoms with Crippen molar-refractivity contribution >= 4 is 23.8 Å². The van der Waals surface area contributed by atoms with Gasteiger partial charge in [-0.05, 0) is 63.7 Å². The summed E-state index contributed by atoms with van der Waals surface area (Å²) in [6.07, 6.45) is 9.90. The second-order valence-corrected chi connectivity index (χ2v) is 11.2. The molecule has 34 heavy (non-hydrogen) atoms.